The minimum Gasteiger partial charge on any atom is -0.379 e. The molecular weight excluding hydrogens is 809 g/mol. The summed E-state index contributed by atoms with van der Waals surface area (Å²) in [5.41, 5.74) is 8.15. The molecule has 20 heteroatoms. The number of hydrogen-bond acceptors (Lipinski definition) is 15. The predicted octanol–water partition coefficient (Wildman–Crippen LogP) is 4.94. The third kappa shape index (κ3) is 54.3. The Hall–Kier alpha value is -1.75. The Morgan fingerprint density at radius 3 is 1.00 bits per heavy atom. The van der Waals surface area contributed by atoms with Crippen molar-refractivity contribution in [1.29, 1.82) is 0 Å². The molecule has 60 heavy (non-hydrogen) atoms. The van der Waals surface area contributed by atoms with Crippen molar-refractivity contribution in [3.8, 4) is 0 Å². The normalized spacial score (nSPS) is 11.6. The lowest BCUT2D eigenvalue weighted by atomic mass is 10.0. The third-order valence-corrected chi connectivity index (χ3v) is 9.30. The molecule has 0 unspecified atom stereocenters. The average Bonchev–Trinajstić information content (AvgIpc) is 3.23. The average molecular weight is 889 g/mol. The number of carbonyl (C=O) groups excluding carboxylic acids is 1. The van der Waals surface area contributed by atoms with E-state index >= 15 is 0 Å². The number of nitrogens with one attached hydrogen (secondary N) is 1. The lowest BCUT2D eigenvalue weighted by molar-refractivity contribution is -0.121. The maximum Gasteiger partial charge on any atom is 0.264 e. The zero-order chi connectivity index (χ0) is 43.6. The second-order valence-electron chi connectivity index (χ2n) is 13.7. The van der Waals surface area contributed by atoms with E-state index in [2.05, 4.69) is 15.3 Å². The Morgan fingerprint density at radius 2 is 0.700 bits per heavy atom. The molecule has 1 amide bonds. The second kappa shape index (κ2) is 49.9. The van der Waals surface area contributed by atoms with Crippen LogP contribution in [0, 0.1) is 0 Å². The van der Waals surface area contributed by atoms with Crippen molar-refractivity contribution in [1.82, 2.24) is 5.32 Å². The van der Waals surface area contributed by atoms with Crippen molar-refractivity contribution in [2.24, 2.45) is 5.11 Å². The Morgan fingerprint density at radius 1 is 0.433 bits per heavy atom. The molecule has 0 saturated heterocycles. The van der Waals surface area contributed by atoms with Gasteiger partial charge in [0.2, 0.25) is 5.91 Å². The summed E-state index contributed by atoms with van der Waals surface area (Å²) < 4.78 is 90.0. The minimum absolute atomic E-state index is 0.0730. The van der Waals surface area contributed by atoms with Crippen molar-refractivity contribution in [2.45, 2.75) is 89.9 Å². The highest BCUT2D eigenvalue weighted by Gasteiger charge is 2.04. The standard InChI is InChI=1S/C40H80N4O15S/c41-44-43-16-18-50-20-22-52-24-26-54-28-30-56-32-34-58-36-38-59-37-35-57-33-31-55-29-27-53-25-23-51-21-19-49-17-15-42-40(45)14-12-10-8-6-4-2-1-3-5-7-9-11-13-39-60(46,47)48/h1-39H2,(H,42,45)(H,46,47,48). The lowest BCUT2D eigenvalue weighted by Gasteiger charge is -2.09. The molecule has 0 aromatic heterocycles. The molecule has 0 aromatic carbocycles. The highest BCUT2D eigenvalue weighted by Crippen LogP contribution is 2.13. The first-order chi connectivity index (χ1) is 29.5. The van der Waals surface area contributed by atoms with Crippen molar-refractivity contribution < 1.29 is 69.9 Å². The van der Waals surface area contributed by atoms with Crippen molar-refractivity contribution >= 4 is 16.0 Å². The zero-order valence-corrected chi connectivity index (χ0v) is 37.3. The molecule has 2 N–H and O–H groups in total. The van der Waals surface area contributed by atoms with Crippen LogP contribution >= 0.6 is 0 Å². The van der Waals surface area contributed by atoms with Crippen LogP contribution in [0.5, 0.6) is 0 Å². The molecule has 0 spiro atoms. The first kappa shape index (κ1) is 58.2. The van der Waals surface area contributed by atoms with Gasteiger partial charge in [-0.1, -0.05) is 75.7 Å². The highest BCUT2D eigenvalue weighted by molar-refractivity contribution is 7.85. The number of unbranched alkanes of at least 4 members (excludes halogenated alkanes) is 12. The summed E-state index contributed by atoms with van der Waals surface area (Å²) in [7, 11) is -3.81. The number of rotatable bonds is 52. The van der Waals surface area contributed by atoms with Gasteiger partial charge in [-0.15, -0.1) is 0 Å². The van der Waals surface area contributed by atoms with E-state index in [1.54, 1.807) is 0 Å². The lowest BCUT2D eigenvalue weighted by Crippen LogP contribution is -2.27. The topological polar surface area (TPSA) is 234 Å². The molecule has 0 aliphatic carbocycles. The summed E-state index contributed by atoms with van der Waals surface area (Å²) in [6.07, 6.45) is 14.6. The fourth-order valence-corrected chi connectivity index (χ4v) is 5.89. The smallest absolute Gasteiger partial charge is 0.264 e. The summed E-state index contributed by atoms with van der Waals surface area (Å²) in [4.78, 5) is 14.7. The monoisotopic (exact) mass is 889 g/mol. The van der Waals surface area contributed by atoms with Gasteiger partial charge in [0.05, 0.1) is 151 Å². The van der Waals surface area contributed by atoms with E-state index in [-0.39, 0.29) is 11.7 Å². The third-order valence-electron chi connectivity index (χ3n) is 8.49. The summed E-state index contributed by atoms with van der Waals surface area (Å²) in [5, 5.41) is 6.28. The molecule has 19 nitrogen and oxygen atoms in total. The quantitative estimate of drug-likeness (QED) is 0.0271. The van der Waals surface area contributed by atoms with Gasteiger partial charge in [-0.05, 0) is 18.4 Å². The SMILES string of the molecule is [N-]=[N+]=NCCOCCOCCOCCOCCOCCOCCOCCOCCOCCOCCOCCNC(=O)CCCCCCCCCCCCCCCS(=O)(=O)O. The fraction of sp³-hybridized carbons (Fsp3) is 0.975. The summed E-state index contributed by atoms with van der Waals surface area (Å²) in [6, 6.07) is 0. The highest BCUT2D eigenvalue weighted by atomic mass is 32.2. The van der Waals surface area contributed by atoms with Gasteiger partial charge in [-0.3, -0.25) is 9.35 Å². The molecule has 0 radical (unpaired) electrons. The van der Waals surface area contributed by atoms with Gasteiger partial charge in [-0.2, -0.15) is 8.42 Å². The summed E-state index contributed by atoms with van der Waals surface area (Å²) in [6.45, 7) is 11.2. The van der Waals surface area contributed by atoms with Crippen LogP contribution in [-0.2, 0) is 67.0 Å². The minimum atomic E-state index is -3.81. The Kier molecular flexibility index (Phi) is 48.4. The molecule has 356 valence electrons. The van der Waals surface area contributed by atoms with Crippen LogP contribution in [-0.4, -0.2) is 183 Å². The van der Waals surface area contributed by atoms with E-state index in [1.165, 1.54) is 38.5 Å². The van der Waals surface area contributed by atoms with Crippen molar-refractivity contribution in [3.63, 3.8) is 0 Å². The molecule has 0 fully saturated rings. The van der Waals surface area contributed by atoms with Crippen molar-refractivity contribution in [2.75, 3.05) is 164 Å². The van der Waals surface area contributed by atoms with E-state index in [9.17, 15) is 13.2 Å². The number of ether oxygens (including phenoxy) is 11. The van der Waals surface area contributed by atoms with Crippen LogP contribution in [0.1, 0.15) is 89.9 Å². The van der Waals surface area contributed by atoms with Gasteiger partial charge in [0.1, 0.15) is 0 Å². The van der Waals surface area contributed by atoms with Crippen LogP contribution in [0.3, 0.4) is 0 Å². The van der Waals surface area contributed by atoms with Crippen LogP contribution in [0.15, 0.2) is 5.11 Å². The second-order valence-corrected chi connectivity index (χ2v) is 15.2. The Labute approximate surface area is 360 Å². The van der Waals surface area contributed by atoms with Crippen LogP contribution in [0.25, 0.3) is 10.4 Å². The Bertz CT molecular complexity index is 1050. The number of carbonyl (C=O) groups is 1. The molecular formula is C40H80N4O15S. The molecule has 0 rings (SSSR count). The number of amides is 1. The first-order valence-corrected chi connectivity index (χ1v) is 23.6. The van der Waals surface area contributed by atoms with Gasteiger partial charge >= 0.3 is 0 Å². The predicted molar refractivity (Wildman–Crippen MR) is 227 cm³/mol. The van der Waals surface area contributed by atoms with E-state index < -0.39 is 10.1 Å². The number of hydrogen-bond donors (Lipinski definition) is 2. The van der Waals surface area contributed by atoms with Gasteiger partial charge in [-0.25, -0.2) is 0 Å². The van der Waals surface area contributed by atoms with E-state index in [0.29, 0.717) is 171 Å². The van der Waals surface area contributed by atoms with Crippen LogP contribution < -0.4 is 5.32 Å². The summed E-state index contributed by atoms with van der Waals surface area (Å²) in [5.74, 6) is -0.0521. The number of nitrogens with zero attached hydrogens (tertiary/aromatic N) is 3. The van der Waals surface area contributed by atoms with Crippen molar-refractivity contribution in [3.05, 3.63) is 10.4 Å². The molecule has 0 bridgehead atoms. The van der Waals surface area contributed by atoms with Gasteiger partial charge in [0.15, 0.2) is 0 Å². The van der Waals surface area contributed by atoms with E-state index in [4.69, 9.17) is 62.2 Å². The first-order valence-electron chi connectivity index (χ1n) is 22.0. The molecule has 0 saturated carbocycles. The van der Waals surface area contributed by atoms with Gasteiger partial charge < -0.3 is 57.4 Å². The molecule has 0 aliphatic rings. The summed E-state index contributed by atoms with van der Waals surface area (Å²) >= 11 is 0. The maximum absolute atomic E-state index is 12.0. The van der Waals surface area contributed by atoms with Crippen LogP contribution in [0.2, 0.25) is 0 Å². The van der Waals surface area contributed by atoms with Gasteiger partial charge in [0.25, 0.3) is 10.1 Å². The molecule has 0 aromatic rings. The zero-order valence-electron chi connectivity index (χ0n) is 36.5. The van der Waals surface area contributed by atoms with Gasteiger partial charge in [0, 0.05) is 24.4 Å². The number of azide groups is 1. The fourth-order valence-electron chi connectivity index (χ4n) is 5.32. The molecule has 0 aliphatic heterocycles. The van der Waals surface area contributed by atoms with E-state index in [0.717, 1.165) is 38.5 Å². The largest absolute Gasteiger partial charge is 0.379 e. The molecule has 0 atom stereocenters. The van der Waals surface area contributed by atoms with Crippen LogP contribution in [0.4, 0.5) is 0 Å². The Balaban J connectivity index is 3.15. The molecule has 0 heterocycles. The van der Waals surface area contributed by atoms with E-state index in [1.807, 2.05) is 0 Å². The maximum atomic E-state index is 12.0.